The minimum absolute atomic E-state index is 0.119. The maximum atomic E-state index is 12.8. The van der Waals surface area contributed by atoms with E-state index in [4.69, 9.17) is 0 Å². The van der Waals surface area contributed by atoms with Crippen LogP contribution in [-0.2, 0) is 22.7 Å². The minimum atomic E-state index is -0.555. The second-order valence-electron chi connectivity index (χ2n) is 7.91. The first-order valence-electron chi connectivity index (χ1n) is 9.13. The second kappa shape index (κ2) is 6.48. The van der Waals surface area contributed by atoms with Crippen molar-refractivity contribution in [1.29, 1.82) is 0 Å². The molecule has 3 heterocycles. The highest BCUT2D eigenvalue weighted by molar-refractivity contribution is 6.05. The fourth-order valence-electron chi connectivity index (χ4n) is 3.90. The summed E-state index contributed by atoms with van der Waals surface area (Å²) < 4.78 is 0. The van der Waals surface area contributed by atoms with Gasteiger partial charge in [-0.15, -0.1) is 0 Å². The van der Waals surface area contributed by atoms with Gasteiger partial charge >= 0.3 is 0 Å². The lowest BCUT2D eigenvalue weighted by Crippen LogP contribution is -2.56. The van der Waals surface area contributed by atoms with E-state index in [1.165, 1.54) is 0 Å². The highest BCUT2D eigenvalue weighted by atomic mass is 16.2. The lowest BCUT2D eigenvalue weighted by molar-refractivity contribution is -0.136. The molecule has 2 fully saturated rings. The number of hydrogen-bond acceptors (Lipinski definition) is 5. The molecule has 1 aromatic rings. The van der Waals surface area contributed by atoms with Crippen LogP contribution in [0.5, 0.6) is 0 Å². The molecule has 3 amide bonds. The molecule has 0 spiro atoms. The maximum absolute atomic E-state index is 12.8. The van der Waals surface area contributed by atoms with Crippen molar-refractivity contribution in [1.82, 2.24) is 20.9 Å². The molecule has 2 saturated heterocycles. The van der Waals surface area contributed by atoms with Gasteiger partial charge in [0.15, 0.2) is 0 Å². The summed E-state index contributed by atoms with van der Waals surface area (Å²) in [5, 5.41) is 9.09. The van der Waals surface area contributed by atoms with Gasteiger partial charge in [0.2, 0.25) is 11.8 Å². The third-order valence-electron chi connectivity index (χ3n) is 5.58. The van der Waals surface area contributed by atoms with Crippen LogP contribution in [0.3, 0.4) is 0 Å². The minimum Gasteiger partial charge on any atom is -0.322 e. The highest BCUT2D eigenvalue weighted by Gasteiger charge is 2.39. The third kappa shape index (κ3) is 3.12. The van der Waals surface area contributed by atoms with Crippen LogP contribution in [-0.4, -0.2) is 48.3 Å². The molecule has 0 aromatic heterocycles. The molecule has 7 heteroatoms. The van der Waals surface area contributed by atoms with Crippen molar-refractivity contribution >= 4 is 17.7 Å². The van der Waals surface area contributed by atoms with E-state index in [0.29, 0.717) is 30.5 Å². The molecular formula is C19H24N4O3. The molecule has 1 atom stereocenters. The summed E-state index contributed by atoms with van der Waals surface area (Å²) in [5.74, 6) is -0.753. The number of rotatable bonds is 5. The quantitative estimate of drug-likeness (QED) is 0.653. The molecule has 0 saturated carbocycles. The number of imide groups is 1. The average molecular weight is 356 g/mol. The molecule has 0 radical (unpaired) electrons. The zero-order valence-electron chi connectivity index (χ0n) is 14.9. The van der Waals surface area contributed by atoms with E-state index in [1.807, 2.05) is 18.2 Å². The van der Waals surface area contributed by atoms with Gasteiger partial charge in [0.05, 0.1) is 0 Å². The van der Waals surface area contributed by atoms with Crippen LogP contribution >= 0.6 is 0 Å². The van der Waals surface area contributed by atoms with Crippen LogP contribution in [0.25, 0.3) is 0 Å². The molecule has 138 valence electrons. The van der Waals surface area contributed by atoms with Crippen LogP contribution in [0.1, 0.15) is 41.3 Å². The van der Waals surface area contributed by atoms with E-state index in [1.54, 1.807) is 4.90 Å². The molecule has 26 heavy (non-hydrogen) atoms. The Hall–Kier alpha value is -2.25. The predicted octanol–water partition coefficient (Wildman–Crippen LogP) is 0.147. The van der Waals surface area contributed by atoms with Gasteiger partial charge in [0.1, 0.15) is 6.04 Å². The van der Waals surface area contributed by atoms with Crippen LogP contribution < -0.4 is 16.0 Å². The Balaban J connectivity index is 1.42. The fraction of sp³-hybridized carbons (Fsp3) is 0.526. The van der Waals surface area contributed by atoms with E-state index in [0.717, 1.165) is 30.8 Å². The summed E-state index contributed by atoms with van der Waals surface area (Å²) in [5.41, 5.74) is 3.00. The van der Waals surface area contributed by atoms with Gasteiger partial charge in [0, 0.05) is 50.1 Å². The van der Waals surface area contributed by atoms with Gasteiger partial charge in [0.25, 0.3) is 5.91 Å². The van der Waals surface area contributed by atoms with Crippen molar-refractivity contribution in [2.45, 2.75) is 38.9 Å². The molecule has 3 aliphatic heterocycles. The van der Waals surface area contributed by atoms with Crippen LogP contribution in [0.4, 0.5) is 0 Å². The number of benzene rings is 1. The van der Waals surface area contributed by atoms with Crippen molar-refractivity contribution in [2.24, 2.45) is 5.41 Å². The van der Waals surface area contributed by atoms with Gasteiger partial charge in [-0.2, -0.15) is 0 Å². The number of nitrogens with one attached hydrogen (secondary N) is 3. The Labute approximate surface area is 152 Å². The summed E-state index contributed by atoms with van der Waals surface area (Å²) in [6.45, 7) is 6.40. The highest BCUT2D eigenvalue weighted by Crippen LogP contribution is 2.28. The Morgan fingerprint density at radius 2 is 2.08 bits per heavy atom. The molecule has 3 aliphatic rings. The van der Waals surface area contributed by atoms with E-state index < -0.39 is 6.04 Å². The first-order chi connectivity index (χ1) is 12.5. The van der Waals surface area contributed by atoms with Crippen LogP contribution in [0, 0.1) is 5.41 Å². The summed E-state index contributed by atoms with van der Waals surface area (Å²) in [4.78, 5) is 37.8. The van der Waals surface area contributed by atoms with E-state index in [-0.39, 0.29) is 24.1 Å². The smallest absolute Gasteiger partial charge is 0.255 e. The molecular weight excluding hydrogens is 332 g/mol. The van der Waals surface area contributed by atoms with E-state index in [9.17, 15) is 14.4 Å². The van der Waals surface area contributed by atoms with E-state index >= 15 is 0 Å². The Morgan fingerprint density at radius 3 is 2.77 bits per heavy atom. The van der Waals surface area contributed by atoms with Crippen molar-refractivity contribution in [3.05, 3.63) is 34.9 Å². The molecule has 3 N–H and O–H groups in total. The Kier molecular flexibility index (Phi) is 4.28. The van der Waals surface area contributed by atoms with Gasteiger partial charge in [-0.1, -0.05) is 19.1 Å². The number of carbonyl (C=O) groups excluding carboxylic acids is 3. The second-order valence-corrected chi connectivity index (χ2v) is 7.91. The van der Waals surface area contributed by atoms with Crippen LogP contribution in [0.15, 0.2) is 18.2 Å². The average Bonchev–Trinajstić information content (AvgIpc) is 2.90. The zero-order valence-corrected chi connectivity index (χ0v) is 14.9. The third-order valence-corrected chi connectivity index (χ3v) is 5.58. The predicted molar refractivity (Wildman–Crippen MR) is 95.2 cm³/mol. The fourth-order valence-corrected chi connectivity index (χ4v) is 3.90. The van der Waals surface area contributed by atoms with Crippen molar-refractivity contribution in [2.75, 3.05) is 19.6 Å². The van der Waals surface area contributed by atoms with Gasteiger partial charge in [-0.05, 0) is 23.6 Å². The molecule has 7 nitrogen and oxygen atoms in total. The first kappa shape index (κ1) is 17.2. The zero-order chi connectivity index (χ0) is 18.3. The standard InChI is InChI=1S/C19H24N4O3/c1-19(10-21-11-19)9-20-7-12-2-3-13-8-23(18(26)14(13)6-12)15-4-5-16(24)22-17(15)25/h2-3,6,15,20-21H,4-5,7-11H2,1H3,(H,22,24,25). The summed E-state index contributed by atoms with van der Waals surface area (Å²) in [6, 6.07) is 5.38. The largest absolute Gasteiger partial charge is 0.322 e. The topological polar surface area (TPSA) is 90.5 Å². The lowest BCUT2D eigenvalue weighted by Gasteiger charge is -2.39. The summed E-state index contributed by atoms with van der Waals surface area (Å²) in [7, 11) is 0. The first-order valence-corrected chi connectivity index (χ1v) is 9.13. The van der Waals surface area contributed by atoms with E-state index in [2.05, 4.69) is 22.9 Å². The Bertz CT molecular complexity index is 772. The van der Waals surface area contributed by atoms with Crippen molar-refractivity contribution in [3.63, 3.8) is 0 Å². The lowest BCUT2D eigenvalue weighted by atomic mass is 9.84. The molecule has 1 aromatic carbocycles. The summed E-state index contributed by atoms with van der Waals surface area (Å²) in [6.07, 6.45) is 0.671. The number of hydrogen-bond donors (Lipinski definition) is 3. The van der Waals surface area contributed by atoms with Crippen molar-refractivity contribution < 1.29 is 14.4 Å². The maximum Gasteiger partial charge on any atom is 0.255 e. The Morgan fingerprint density at radius 1 is 1.27 bits per heavy atom. The molecule has 0 aliphatic carbocycles. The number of piperidine rings is 1. The van der Waals surface area contributed by atoms with Crippen LogP contribution in [0.2, 0.25) is 0 Å². The van der Waals surface area contributed by atoms with Gasteiger partial charge in [-0.25, -0.2) is 0 Å². The number of amides is 3. The number of fused-ring (bicyclic) bond motifs is 1. The SMILES string of the molecule is CC1(CNCc2ccc3c(c2)C(=O)N(C2CCC(=O)NC2=O)C3)CNC1. The monoisotopic (exact) mass is 356 g/mol. The molecule has 4 rings (SSSR count). The van der Waals surface area contributed by atoms with Gasteiger partial charge < -0.3 is 15.5 Å². The summed E-state index contributed by atoms with van der Waals surface area (Å²) >= 11 is 0. The molecule has 0 bridgehead atoms. The number of carbonyl (C=O) groups is 3. The number of nitrogens with zero attached hydrogens (tertiary/aromatic N) is 1. The van der Waals surface area contributed by atoms with Gasteiger partial charge in [-0.3, -0.25) is 19.7 Å². The normalized spacial score (nSPS) is 24.3. The van der Waals surface area contributed by atoms with Crippen molar-refractivity contribution in [3.8, 4) is 0 Å². The molecule has 1 unspecified atom stereocenters.